The lowest BCUT2D eigenvalue weighted by molar-refractivity contribution is 0.0949. The molecule has 3 aromatic rings. The zero-order chi connectivity index (χ0) is 16.1. The number of aromatic amines is 1. The summed E-state index contributed by atoms with van der Waals surface area (Å²) in [6, 6.07) is 12.6. The Morgan fingerprint density at radius 3 is 2.83 bits per heavy atom. The number of rotatable bonds is 6. The van der Waals surface area contributed by atoms with Crippen LogP contribution in [0.1, 0.15) is 23.3 Å². The summed E-state index contributed by atoms with van der Waals surface area (Å²) in [7, 11) is 0. The highest BCUT2D eigenvalue weighted by molar-refractivity contribution is 6.04. The van der Waals surface area contributed by atoms with Gasteiger partial charge in [0.2, 0.25) is 5.56 Å². The molecule has 6 heteroatoms. The van der Waals surface area contributed by atoms with Gasteiger partial charge in [-0.15, -0.1) is 0 Å². The maximum Gasteiger partial charge on any atom is 0.272 e. The summed E-state index contributed by atoms with van der Waals surface area (Å²) in [5, 5.41) is 10.6. The van der Waals surface area contributed by atoms with Crippen molar-refractivity contribution in [3.63, 3.8) is 0 Å². The van der Waals surface area contributed by atoms with Crippen LogP contribution in [0.2, 0.25) is 0 Å². The van der Waals surface area contributed by atoms with Crippen LogP contribution in [-0.4, -0.2) is 27.2 Å². The molecule has 0 aliphatic heterocycles. The van der Waals surface area contributed by atoms with Gasteiger partial charge in [-0.2, -0.15) is 5.10 Å². The summed E-state index contributed by atoms with van der Waals surface area (Å²) in [4.78, 5) is 23.7. The molecular formula is C17H18N4O2. The molecule has 0 spiro atoms. The van der Waals surface area contributed by atoms with Gasteiger partial charge < -0.3 is 9.88 Å². The minimum Gasteiger partial charge on any atom is -0.351 e. The van der Waals surface area contributed by atoms with Crippen molar-refractivity contribution in [2.75, 3.05) is 6.54 Å². The fourth-order valence-corrected chi connectivity index (χ4v) is 2.47. The largest absolute Gasteiger partial charge is 0.351 e. The molecule has 0 aliphatic carbocycles. The zero-order valence-electron chi connectivity index (χ0n) is 12.7. The van der Waals surface area contributed by atoms with Crippen molar-refractivity contribution in [1.29, 1.82) is 0 Å². The molecule has 0 radical (unpaired) electrons. The SMILES string of the molecule is O=C(NCCCCn1ccccc1=O)c1n[nH]c2ccccc12. The van der Waals surface area contributed by atoms with Gasteiger partial charge >= 0.3 is 0 Å². The highest BCUT2D eigenvalue weighted by Crippen LogP contribution is 2.14. The van der Waals surface area contributed by atoms with E-state index in [-0.39, 0.29) is 11.5 Å². The van der Waals surface area contributed by atoms with Gasteiger partial charge in [-0.25, -0.2) is 0 Å². The quantitative estimate of drug-likeness (QED) is 0.683. The maximum absolute atomic E-state index is 12.2. The number of aryl methyl sites for hydroxylation is 1. The van der Waals surface area contributed by atoms with Gasteiger partial charge in [0.1, 0.15) is 0 Å². The predicted molar refractivity (Wildman–Crippen MR) is 88.4 cm³/mol. The van der Waals surface area contributed by atoms with Crippen LogP contribution in [0.15, 0.2) is 53.5 Å². The number of amides is 1. The first-order valence-electron chi connectivity index (χ1n) is 7.62. The molecule has 118 valence electrons. The van der Waals surface area contributed by atoms with E-state index in [1.54, 1.807) is 22.9 Å². The van der Waals surface area contributed by atoms with Crippen molar-refractivity contribution >= 4 is 16.8 Å². The molecule has 0 saturated heterocycles. The number of aromatic nitrogens is 3. The number of nitrogens with zero attached hydrogens (tertiary/aromatic N) is 2. The van der Waals surface area contributed by atoms with Crippen LogP contribution in [0.4, 0.5) is 0 Å². The third kappa shape index (κ3) is 3.48. The molecule has 0 saturated carbocycles. The summed E-state index contributed by atoms with van der Waals surface area (Å²) in [6.07, 6.45) is 3.40. The minimum atomic E-state index is -0.181. The van der Waals surface area contributed by atoms with E-state index < -0.39 is 0 Å². The molecule has 2 heterocycles. The van der Waals surface area contributed by atoms with E-state index in [1.165, 1.54) is 0 Å². The number of pyridine rings is 1. The highest BCUT2D eigenvalue weighted by Gasteiger charge is 2.12. The minimum absolute atomic E-state index is 0.000437. The maximum atomic E-state index is 12.2. The standard InChI is InChI=1S/C17H18N4O2/c22-15-9-3-5-11-21(15)12-6-4-10-18-17(23)16-13-7-1-2-8-14(13)19-20-16/h1-3,5,7-9,11H,4,6,10,12H2,(H,18,23)(H,19,20). The van der Waals surface area contributed by atoms with E-state index in [9.17, 15) is 9.59 Å². The smallest absolute Gasteiger partial charge is 0.272 e. The summed E-state index contributed by atoms with van der Waals surface area (Å²) < 4.78 is 1.67. The lowest BCUT2D eigenvalue weighted by Crippen LogP contribution is -2.25. The highest BCUT2D eigenvalue weighted by atomic mass is 16.2. The molecule has 0 aliphatic rings. The molecule has 0 atom stereocenters. The van der Waals surface area contributed by atoms with Crippen LogP contribution in [0, 0.1) is 0 Å². The van der Waals surface area contributed by atoms with Crippen molar-refractivity contribution in [3.05, 3.63) is 64.7 Å². The van der Waals surface area contributed by atoms with Gasteiger partial charge in [-0.1, -0.05) is 24.3 Å². The third-order valence-corrected chi connectivity index (χ3v) is 3.70. The van der Waals surface area contributed by atoms with Crippen LogP contribution >= 0.6 is 0 Å². The van der Waals surface area contributed by atoms with Crippen molar-refractivity contribution in [2.45, 2.75) is 19.4 Å². The van der Waals surface area contributed by atoms with Gasteiger partial charge in [-0.05, 0) is 25.0 Å². The Balaban J connectivity index is 1.48. The fraction of sp³-hybridized carbons (Fsp3) is 0.235. The Hall–Kier alpha value is -2.89. The first-order valence-corrected chi connectivity index (χ1v) is 7.62. The number of carbonyl (C=O) groups excluding carboxylic acids is 1. The topological polar surface area (TPSA) is 79.8 Å². The molecule has 1 aromatic carbocycles. The average molecular weight is 310 g/mol. The third-order valence-electron chi connectivity index (χ3n) is 3.70. The number of hydrogen-bond donors (Lipinski definition) is 2. The molecule has 0 bridgehead atoms. The van der Waals surface area contributed by atoms with E-state index in [0.717, 1.165) is 23.7 Å². The molecule has 6 nitrogen and oxygen atoms in total. The van der Waals surface area contributed by atoms with Gasteiger partial charge in [0.25, 0.3) is 5.91 Å². The molecule has 0 unspecified atom stereocenters. The number of para-hydroxylation sites is 1. The number of H-pyrrole nitrogens is 1. The molecule has 23 heavy (non-hydrogen) atoms. The van der Waals surface area contributed by atoms with Crippen molar-refractivity contribution in [2.24, 2.45) is 0 Å². The number of benzene rings is 1. The second kappa shape index (κ2) is 6.91. The molecule has 0 fully saturated rings. The van der Waals surface area contributed by atoms with Crippen LogP contribution in [0.3, 0.4) is 0 Å². The predicted octanol–water partition coefficient (Wildman–Crippen LogP) is 1.93. The Labute approximate surface area is 133 Å². The van der Waals surface area contributed by atoms with Crippen LogP contribution in [-0.2, 0) is 6.54 Å². The lowest BCUT2D eigenvalue weighted by atomic mass is 10.2. The van der Waals surface area contributed by atoms with E-state index in [0.29, 0.717) is 18.8 Å². The Kier molecular flexibility index (Phi) is 4.52. The van der Waals surface area contributed by atoms with Crippen LogP contribution < -0.4 is 10.9 Å². The first-order chi connectivity index (χ1) is 11.3. The van der Waals surface area contributed by atoms with E-state index in [4.69, 9.17) is 0 Å². The van der Waals surface area contributed by atoms with Crippen molar-refractivity contribution in [3.8, 4) is 0 Å². The van der Waals surface area contributed by atoms with Gasteiger partial charge in [0.05, 0.1) is 5.52 Å². The normalized spacial score (nSPS) is 10.8. The fourth-order valence-electron chi connectivity index (χ4n) is 2.47. The molecular weight excluding hydrogens is 292 g/mol. The summed E-state index contributed by atoms with van der Waals surface area (Å²) in [6.45, 7) is 1.21. The number of fused-ring (bicyclic) bond motifs is 1. The van der Waals surface area contributed by atoms with Crippen molar-refractivity contribution < 1.29 is 4.79 Å². The Morgan fingerprint density at radius 2 is 1.96 bits per heavy atom. The zero-order valence-corrected chi connectivity index (χ0v) is 12.7. The number of nitrogens with one attached hydrogen (secondary N) is 2. The Morgan fingerprint density at radius 1 is 1.13 bits per heavy atom. The summed E-state index contributed by atoms with van der Waals surface area (Å²) in [5.41, 5.74) is 1.26. The van der Waals surface area contributed by atoms with Gasteiger partial charge in [0.15, 0.2) is 5.69 Å². The lowest BCUT2D eigenvalue weighted by Gasteiger charge is -2.06. The summed E-state index contributed by atoms with van der Waals surface area (Å²) >= 11 is 0. The molecule has 3 rings (SSSR count). The second-order valence-electron chi connectivity index (χ2n) is 5.31. The van der Waals surface area contributed by atoms with Crippen molar-refractivity contribution in [1.82, 2.24) is 20.1 Å². The summed E-state index contributed by atoms with van der Waals surface area (Å²) in [5.74, 6) is -0.181. The number of unbranched alkanes of at least 4 members (excludes halogenated alkanes) is 1. The Bertz CT molecular complexity index is 866. The number of carbonyl (C=O) groups is 1. The van der Waals surface area contributed by atoms with Crippen LogP contribution in [0.5, 0.6) is 0 Å². The van der Waals surface area contributed by atoms with Crippen LogP contribution in [0.25, 0.3) is 10.9 Å². The van der Waals surface area contributed by atoms with E-state index in [2.05, 4.69) is 15.5 Å². The molecule has 2 N–H and O–H groups in total. The average Bonchev–Trinajstić information content (AvgIpc) is 3.00. The molecule has 2 aromatic heterocycles. The number of hydrogen-bond acceptors (Lipinski definition) is 3. The van der Waals surface area contributed by atoms with Gasteiger partial charge in [0, 0.05) is 30.7 Å². The van der Waals surface area contributed by atoms with E-state index in [1.807, 2.05) is 30.3 Å². The monoisotopic (exact) mass is 310 g/mol. The first kappa shape index (κ1) is 15.0. The molecule has 1 amide bonds. The second-order valence-corrected chi connectivity index (χ2v) is 5.31. The van der Waals surface area contributed by atoms with E-state index >= 15 is 0 Å². The van der Waals surface area contributed by atoms with Gasteiger partial charge in [-0.3, -0.25) is 14.7 Å².